The van der Waals surface area contributed by atoms with Gasteiger partial charge in [0.2, 0.25) is 10.0 Å². The summed E-state index contributed by atoms with van der Waals surface area (Å²) in [5.41, 5.74) is 0. The quantitative estimate of drug-likeness (QED) is 0.780. The van der Waals surface area contributed by atoms with E-state index >= 15 is 0 Å². The Morgan fingerprint density at radius 2 is 1.80 bits per heavy atom. The predicted octanol–water partition coefficient (Wildman–Crippen LogP) is 1.56. The Kier molecular flexibility index (Phi) is 6.49. The summed E-state index contributed by atoms with van der Waals surface area (Å²) in [6, 6.07) is 4.50. The first-order valence-electron chi connectivity index (χ1n) is 8.08. The van der Waals surface area contributed by atoms with Gasteiger partial charge >= 0.3 is 6.09 Å². The Labute approximate surface area is 148 Å². The van der Waals surface area contributed by atoms with E-state index < -0.39 is 16.1 Å². The number of hydrogen-bond acceptors (Lipinski definition) is 6. The van der Waals surface area contributed by atoms with Gasteiger partial charge in [0.15, 0.2) is 11.5 Å². The molecule has 0 aromatic heterocycles. The lowest BCUT2D eigenvalue weighted by molar-refractivity contribution is 0.109. The van der Waals surface area contributed by atoms with E-state index in [9.17, 15) is 13.2 Å². The summed E-state index contributed by atoms with van der Waals surface area (Å²) in [7, 11) is -0.739. The van der Waals surface area contributed by atoms with Crippen LogP contribution in [-0.2, 0) is 14.8 Å². The van der Waals surface area contributed by atoms with Crippen LogP contribution in [-0.4, -0.2) is 70.7 Å². The molecule has 1 aromatic carbocycles. The normalized spacial score (nSPS) is 16.2. The van der Waals surface area contributed by atoms with Crippen LogP contribution in [0.1, 0.15) is 13.3 Å². The molecule has 1 aliphatic rings. The number of ether oxygens (including phenoxy) is 3. The predicted molar refractivity (Wildman–Crippen MR) is 91.5 cm³/mol. The van der Waals surface area contributed by atoms with Gasteiger partial charge in [0.05, 0.1) is 25.7 Å². The number of carbonyl (C=O) groups excluding carboxylic acids is 1. The second-order valence-electron chi connectivity index (χ2n) is 5.46. The van der Waals surface area contributed by atoms with Crippen LogP contribution in [0.5, 0.6) is 11.5 Å². The van der Waals surface area contributed by atoms with Crippen LogP contribution in [0.15, 0.2) is 23.1 Å². The Morgan fingerprint density at radius 1 is 1.08 bits per heavy atom. The zero-order chi connectivity index (χ0) is 18.4. The molecule has 9 heteroatoms. The van der Waals surface area contributed by atoms with E-state index in [4.69, 9.17) is 14.2 Å². The molecule has 25 heavy (non-hydrogen) atoms. The SMILES string of the molecule is CCOC(=O)N1CCCN(S(=O)(=O)c2ccc(OC)c(OC)c2)CC1. The van der Waals surface area contributed by atoms with Crippen LogP contribution in [0.25, 0.3) is 0 Å². The maximum absolute atomic E-state index is 12.9. The van der Waals surface area contributed by atoms with Crippen molar-refractivity contribution in [1.29, 1.82) is 0 Å². The number of methoxy groups -OCH3 is 2. The fourth-order valence-electron chi connectivity index (χ4n) is 2.66. The van der Waals surface area contributed by atoms with Crippen LogP contribution in [0.4, 0.5) is 4.79 Å². The number of sulfonamides is 1. The van der Waals surface area contributed by atoms with Crippen molar-refractivity contribution in [2.75, 3.05) is 47.0 Å². The maximum Gasteiger partial charge on any atom is 0.409 e. The highest BCUT2D eigenvalue weighted by Crippen LogP contribution is 2.30. The smallest absolute Gasteiger partial charge is 0.409 e. The highest BCUT2D eigenvalue weighted by molar-refractivity contribution is 7.89. The molecule has 0 unspecified atom stereocenters. The molecular formula is C16H24N2O6S. The molecule has 0 saturated carbocycles. The molecule has 2 rings (SSSR count). The molecule has 0 N–H and O–H groups in total. The van der Waals surface area contributed by atoms with E-state index in [0.717, 1.165) is 0 Å². The number of rotatable bonds is 5. The molecule has 1 saturated heterocycles. The molecule has 1 amide bonds. The Balaban J connectivity index is 2.18. The lowest BCUT2D eigenvalue weighted by Gasteiger charge is -2.21. The van der Waals surface area contributed by atoms with Gasteiger partial charge < -0.3 is 19.1 Å². The summed E-state index contributed by atoms with van der Waals surface area (Å²) >= 11 is 0. The molecule has 140 valence electrons. The second kappa shape index (κ2) is 8.39. The summed E-state index contributed by atoms with van der Waals surface area (Å²) < 4.78 is 42.5. The van der Waals surface area contributed by atoms with Gasteiger partial charge in [-0.2, -0.15) is 4.31 Å². The van der Waals surface area contributed by atoms with E-state index in [1.54, 1.807) is 13.0 Å². The van der Waals surface area contributed by atoms with E-state index in [1.807, 2.05) is 0 Å². The first-order valence-corrected chi connectivity index (χ1v) is 9.52. The molecule has 1 aromatic rings. The third-order valence-corrected chi connectivity index (χ3v) is 5.87. The zero-order valence-electron chi connectivity index (χ0n) is 14.7. The first-order chi connectivity index (χ1) is 11.9. The molecule has 1 aliphatic heterocycles. The van der Waals surface area contributed by atoms with Crippen molar-refractivity contribution < 1.29 is 27.4 Å². The maximum atomic E-state index is 12.9. The van der Waals surface area contributed by atoms with E-state index in [2.05, 4.69) is 0 Å². The standard InChI is InChI=1S/C16H24N2O6S/c1-4-24-16(19)17-8-5-9-18(11-10-17)25(20,21)13-6-7-14(22-2)15(12-13)23-3/h6-7,12H,4-5,8-11H2,1-3H3. The average Bonchev–Trinajstić information content (AvgIpc) is 2.88. The number of hydrogen-bond donors (Lipinski definition) is 0. The molecule has 1 heterocycles. The largest absolute Gasteiger partial charge is 0.493 e. The Bertz CT molecular complexity index is 707. The lowest BCUT2D eigenvalue weighted by atomic mass is 10.3. The van der Waals surface area contributed by atoms with Crippen molar-refractivity contribution in [2.24, 2.45) is 0 Å². The third kappa shape index (κ3) is 4.35. The van der Waals surface area contributed by atoms with Crippen molar-refractivity contribution in [2.45, 2.75) is 18.2 Å². The minimum Gasteiger partial charge on any atom is -0.493 e. The van der Waals surface area contributed by atoms with Gasteiger partial charge in [0, 0.05) is 32.2 Å². The fourth-order valence-corrected chi connectivity index (χ4v) is 4.14. The molecule has 0 spiro atoms. The molecule has 0 atom stereocenters. The van der Waals surface area contributed by atoms with Crippen LogP contribution in [0, 0.1) is 0 Å². The zero-order valence-corrected chi connectivity index (χ0v) is 15.5. The first kappa shape index (κ1) is 19.3. The van der Waals surface area contributed by atoms with Crippen molar-refractivity contribution in [3.8, 4) is 11.5 Å². The highest BCUT2D eigenvalue weighted by atomic mass is 32.2. The van der Waals surface area contributed by atoms with Crippen molar-refractivity contribution in [3.05, 3.63) is 18.2 Å². The molecule has 8 nitrogen and oxygen atoms in total. The van der Waals surface area contributed by atoms with Gasteiger partial charge in [-0.1, -0.05) is 0 Å². The summed E-state index contributed by atoms with van der Waals surface area (Å²) in [4.78, 5) is 13.5. The molecular weight excluding hydrogens is 348 g/mol. The topological polar surface area (TPSA) is 85.4 Å². The third-order valence-electron chi connectivity index (χ3n) is 3.97. The highest BCUT2D eigenvalue weighted by Gasteiger charge is 2.29. The van der Waals surface area contributed by atoms with E-state index in [0.29, 0.717) is 44.2 Å². The summed E-state index contributed by atoms with van der Waals surface area (Å²) in [6.07, 6.45) is 0.138. The molecule has 0 bridgehead atoms. The fraction of sp³-hybridized carbons (Fsp3) is 0.562. The number of nitrogens with zero attached hydrogens (tertiary/aromatic N) is 2. The average molecular weight is 372 g/mol. The van der Waals surface area contributed by atoms with Crippen LogP contribution >= 0.6 is 0 Å². The molecule has 1 fully saturated rings. The van der Waals surface area contributed by atoms with Gasteiger partial charge in [-0.3, -0.25) is 0 Å². The Morgan fingerprint density at radius 3 is 2.44 bits per heavy atom. The minimum atomic E-state index is -3.69. The van der Waals surface area contributed by atoms with Crippen LogP contribution < -0.4 is 9.47 Å². The summed E-state index contributed by atoms with van der Waals surface area (Å²) in [5.74, 6) is 0.817. The van der Waals surface area contributed by atoms with Gasteiger partial charge in [-0.15, -0.1) is 0 Å². The minimum absolute atomic E-state index is 0.134. The molecule has 0 radical (unpaired) electrons. The number of carbonyl (C=O) groups is 1. The molecule has 0 aliphatic carbocycles. The second-order valence-corrected chi connectivity index (χ2v) is 7.40. The van der Waals surface area contributed by atoms with E-state index in [1.165, 1.54) is 35.6 Å². The monoisotopic (exact) mass is 372 g/mol. The van der Waals surface area contributed by atoms with Crippen molar-refractivity contribution in [3.63, 3.8) is 0 Å². The van der Waals surface area contributed by atoms with Crippen LogP contribution in [0.2, 0.25) is 0 Å². The van der Waals surface area contributed by atoms with Crippen molar-refractivity contribution >= 4 is 16.1 Å². The Hall–Kier alpha value is -2.00. The van der Waals surface area contributed by atoms with Gasteiger partial charge in [-0.25, -0.2) is 13.2 Å². The van der Waals surface area contributed by atoms with E-state index in [-0.39, 0.29) is 11.4 Å². The lowest BCUT2D eigenvalue weighted by Crippen LogP contribution is -2.37. The van der Waals surface area contributed by atoms with Crippen molar-refractivity contribution in [1.82, 2.24) is 9.21 Å². The van der Waals surface area contributed by atoms with Gasteiger partial charge in [0.1, 0.15) is 0 Å². The number of amides is 1. The number of benzene rings is 1. The summed E-state index contributed by atoms with van der Waals surface area (Å²) in [6.45, 7) is 3.36. The van der Waals surface area contributed by atoms with Crippen LogP contribution in [0.3, 0.4) is 0 Å². The van der Waals surface area contributed by atoms with Gasteiger partial charge in [-0.05, 0) is 25.5 Å². The summed E-state index contributed by atoms with van der Waals surface area (Å²) in [5, 5.41) is 0. The van der Waals surface area contributed by atoms with Gasteiger partial charge in [0.25, 0.3) is 0 Å².